The average molecular weight is 203 g/mol. The molecule has 2 heteroatoms. The molecule has 0 fully saturated rings. The molecule has 0 spiro atoms. The Labute approximate surface area is 90.3 Å². The number of carbonyl (C=O) groups is 1. The quantitative estimate of drug-likeness (QED) is 0.404. The van der Waals surface area contributed by atoms with Gasteiger partial charge in [-0.1, -0.05) is 44.0 Å². The Balaban J connectivity index is 2.56. The molecule has 1 aromatic carbocycles. The topological polar surface area (TPSA) is 34.1 Å². The first-order valence-electron chi connectivity index (χ1n) is 5.29. The molecule has 0 unspecified atom stereocenters. The molecule has 0 saturated heterocycles. The first-order chi connectivity index (χ1) is 7.27. The van der Waals surface area contributed by atoms with Crippen molar-refractivity contribution in [3.63, 3.8) is 0 Å². The zero-order valence-corrected chi connectivity index (χ0v) is 8.95. The molecular weight excluding hydrogens is 188 g/mol. The van der Waals surface area contributed by atoms with Gasteiger partial charge in [0.15, 0.2) is 0 Å². The molecule has 0 N–H and O–H groups in total. The van der Waals surface area contributed by atoms with Gasteiger partial charge in [0.2, 0.25) is 5.78 Å². The summed E-state index contributed by atoms with van der Waals surface area (Å²) in [5.74, 6) is -0.574. The van der Waals surface area contributed by atoms with Gasteiger partial charge in [0, 0.05) is 5.56 Å². The molecule has 0 amide bonds. The lowest BCUT2D eigenvalue weighted by Crippen LogP contribution is -1.99. The predicted molar refractivity (Wildman–Crippen MR) is 59.7 cm³/mol. The lowest BCUT2D eigenvalue weighted by Gasteiger charge is -2.00. The van der Waals surface area contributed by atoms with E-state index in [9.17, 15) is 9.59 Å². The Hall–Kier alpha value is -1.44. The largest absolute Gasteiger partial charge is 0.285 e. The summed E-state index contributed by atoms with van der Waals surface area (Å²) < 4.78 is 0. The van der Waals surface area contributed by atoms with Crippen LogP contribution in [-0.4, -0.2) is 12.1 Å². The lowest BCUT2D eigenvalue weighted by molar-refractivity contribution is 0.106. The minimum atomic E-state index is -0.574. The highest BCUT2D eigenvalue weighted by molar-refractivity contribution is 6.33. The SMILES string of the molecule is CCCCCc1ccc(C(=O)[C]=O)cc1. The van der Waals surface area contributed by atoms with E-state index < -0.39 is 5.78 Å². The van der Waals surface area contributed by atoms with Crippen LogP contribution in [-0.2, 0) is 11.2 Å². The highest BCUT2D eigenvalue weighted by Crippen LogP contribution is 2.08. The van der Waals surface area contributed by atoms with Crippen molar-refractivity contribution in [2.24, 2.45) is 0 Å². The molecule has 1 rings (SSSR count). The minimum Gasteiger partial charge on any atom is -0.285 e. The van der Waals surface area contributed by atoms with E-state index in [0.29, 0.717) is 5.56 Å². The molecule has 79 valence electrons. The van der Waals surface area contributed by atoms with Gasteiger partial charge in [0.05, 0.1) is 0 Å². The second-order valence-corrected chi connectivity index (χ2v) is 3.59. The van der Waals surface area contributed by atoms with Crippen molar-refractivity contribution >= 4 is 12.1 Å². The van der Waals surface area contributed by atoms with Crippen molar-refractivity contribution in [2.45, 2.75) is 32.6 Å². The van der Waals surface area contributed by atoms with Gasteiger partial charge in [0.1, 0.15) is 0 Å². The van der Waals surface area contributed by atoms with Crippen LogP contribution in [0.3, 0.4) is 0 Å². The summed E-state index contributed by atoms with van der Waals surface area (Å²) >= 11 is 0. The highest BCUT2D eigenvalue weighted by atomic mass is 16.2. The zero-order chi connectivity index (χ0) is 11.1. The normalized spacial score (nSPS) is 9.93. The maximum Gasteiger partial charge on any atom is 0.277 e. The fourth-order valence-electron chi connectivity index (χ4n) is 1.46. The van der Waals surface area contributed by atoms with Gasteiger partial charge in [-0.15, -0.1) is 0 Å². The summed E-state index contributed by atoms with van der Waals surface area (Å²) in [6.45, 7) is 2.17. The van der Waals surface area contributed by atoms with Crippen LogP contribution in [0.4, 0.5) is 0 Å². The Bertz CT molecular complexity index is 325. The summed E-state index contributed by atoms with van der Waals surface area (Å²) in [6, 6.07) is 7.18. The van der Waals surface area contributed by atoms with Crippen LogP contribution in [0.5, 0.6) is 0 Å². The van der Waals surface area contributed by atoms with E-state index in [0.717, 1.165) is 6.42 Å². The number of aryl methyl sites for hydroxylation is 1. The van der Waals surface area contributed by atoms with E-state index >= 15 is 0 Å². The van der Waals surface area contributed by atoms with Gasteiger partial charge in [0.25, 0.3) is 6.29 Å². The number of carbonyl (C=O) groups excluding carboxylic acids is 2. The second-order valence-electron chi connectivity index (χ2n) is 3.59. The number of Topliss-reactive ketones (excluding diaryl/α,β-unsaturated/α-hetero) is 1. The molecule has 0 aliphatic carbocycles. The number of ketones is 1. The van der Waals surface area contributed by atoms with E-state index in [1.165, 1.54) is 31.1 Å². The third kappa shape index (κ3) is 3.66. The third-order valence-electron chi connectivity index (χ3n) is 2.38. The summed E-state index contributed by atoms with van der Waals surface area (Å²) in [4.78, 5) is 21.1. The van der Waals surface area contributed by atoms with Crippen molar-refractivity contribution in [1.29, 1.82) is 0 Å². The smallest absolute Gasteiger partial charge is 0.277 e. The average Bonchev–Trinajstić information content (AvgIpc) is 2.29. The van der Waals surface area contributed by atoms with Crippen LogP contribution in [0.1, 0.15) is 42.1 Å². The van der Waals surface area contributed by atoms with Gasteiger partial charge in [-0.2, -0.15) is 0 Å². The van der Waals surface area contributed by atoms with E-state index in [2.05, 4.69) is 6.92 Å². The molecule has 0 aromatic heterocycles. The Morgan fingerprint density at radius 1 is 1.20 bits per heavy atom. The number of unbranched alkanes of at least 4 members (excludes halogenated alkanes) is 2. The summed E-state index contributed by atoms with van der Waals surface area (Å²) in [6.07, 6.45) is 6.00. The molecule has 0 atom stereocenters. The molecule has 0 aliphatic heterocycles. The molecule has 0 saturated carbocycles. The van der Waals surface area contributed by atoms with Crippen LogP contribution in [0.2, 0.25) is 0 Å². The van der Waals surface area contributed by atoms with Gasteiger partial charge in [-0.05, 0) is 18.4 Å². The Kier molecular flexibility index (Phi) is 4.75. The number of hydrogen-bond donors (Lipinski definition) is 0. The number of benzene rings is 1. The second kappa shape index (κ2) is 6.12. The lowest BCUT2D eigenvalue weighted by atomic mass is 10.0. The van der Waals surface area contributed by atoms with Crippen LogP contribution in [0.25, 0.3) is 0 Å². The fourth-order valence-corrected chi connectivity index (χ4v) is 1.46. The molecule has 0 heterocycles. The summed E-state index contributed by atoms with van der Waals surface area (Å²) in [5, 5.41) is 0. The van der Waals surface area contributed by atoms with Crippen LogP contribution in [0.15, 0.2) is 24.3 Å². The zero-order valence-electron chi connectivity index (χ0n) is 8.95. The molecule has 0 bridgehead atoms. The highest BCUT2D eigenvalue weighted by Gasteiger charge is 2.03. The molecule has 2 nitrogen and oxygen atoms in total. The van der Waals surface area contributed by atoms with Crippen LogP contribution in [0, 0.1) is 0 Å². The number of rotatable bonds is 6. The molecule has 1 radical (unpaired) electrons. The predicted octanol–water partition coefficient (Wildman–Crippen LogP) is 2.71. The third-order valence-corrected chi connectivity index (χ3v) is 2.38. The number of hydrogen-bond acceptors (Lipinski definition) is 2. The van der Waals surface area contributed by atoms with Gasteiger partial charge in [-0.3, -0.25) is 9.59 Å². The van der Waals surface area contributed by atoms with Crippen molar-refractivity contribution in [3.8, 4) is 0 Å². The Morgan fingerprint density at radius 3 is 2.40 bits per heavy atom. The van der Waals surface area contributed by atoms with E-state index in [1.54, 1.807) is 12.1 Å². The van der Waals surface area contributed by atoms with Crippen molar-refractivity contribution < 1.29 is 9.59 Å². The van der Waals surface area contributed by atoms with Crippen molar-refractivity contribution in [1.82, 2.24) is 0 Å². The van der Waals surface area contributed by atoms with Gasteiger partial charge < -0.3 is 0 Å². The van der Waals surface area contributed by atoms with Crippen LogP contribution < -0.4 is 0 Å². The monoisotopic (exact) mass is 203 g/mol. The fraction of sp³-hybridized carbons (Fsp3) is 0.385. The van der Waals surface area contributed by atoms with Crippen molar-refractivity contribution in [3.05, 3.63) is 35.4 Å². The first kappa shape index (κ1) is 11.6. The molecule has 0 aliphatic rings. The minimum absolute atomic E-state index is 0.421. The van der Waals surface area contributed by atoms with Gasteiger partial charge >= 0.3 is 0 Å². The first-order valence-corrected chi connectivity index (χ1v) is 5.29. The van der Waals surface area contributed by atoms with Crippen LogP contribution >= 0.6 is 0 Å². The van der Waals surface area contributed by atoms with Crippen molar-refractivity contribution in [2.75, 3.05) is 0 Å². The standard InChI is InChI=1S/C13H15O2/c1-2-3-4-5-11-6-8-12(9-7-11)13(15)10-14/h6-9H,2-5H2,1H3. The maximum atomic E-state index is 11.0. The van der Waals surface area contributed by atoms with E-state index in [-0.39, 0.29) is 0 Å². The molecular formula is C13H15O2. The summed E-state index contributed by atoms with van der Waals surface area (Å²) in [5.41, 5.74) is 1.63. The maximum absolute atomic E-state index is 11.0. The van der Waals surface area contributed by atoms with E-state index in [1.807, 2.05) is 12.1 Å². The van der Waals surface area contributed by atoms with Gasteiger partial charge in [-0.25, -0.2) is 0 Å². The summed E-state index contributed by atoms with van der Waals surface area (Å²) in [7, 11) is 0. The Morgan fingerprint density at radius 2 is 1.87 bits per heavy atom. The molecule has 15 heavy (non-hydrogen) atoms. The van der Waals surface area contributed by atoms with E-state index in [4.69, 9.17) is 0 Å². The molecule has 1 aromatic rings.